The van der Waals surface area contributed by atoms with Gasteiger partial charge in [-0.15, -0.1) is 0 Å². The number of carbonyl (C=O) groups is 1. The fourth-order valence-electron chi connectivity index (χ4n) is 2.34. The fraction of sp³-hybridized carbons (Fsp3) is 0.353. The first-order valence-corrected chi connectivity index (χ1v) is 9.36. The van der Waals surface area contributed by atoms with E-state index in [4.69, 9.17) is 0 Å². The number of nitrogens with one attached hydrogen (secondary N) is 1. The van der Waals surface area contributed by atoms with Crippen LogP contribution in [0.5, 0.6) is 0 Å². The van der Waals surface area contributed by atoms with Gasteiger partial charge in [-0.05, 0) is 56.7 Å². The summed E-state index contributed by atoms with van der Waals surface area (Å²) < 4.78 is 0.950. The molecule has 0 atom stereocenters. The molecule has 6 heteroatoms. The molecule has 122 valence electrons. The van der Waals surface area contributed by atoms with E-state index in [1.165, 1.54) is 11.8 Å². The predicted octanol–water partition coefficient (Wildman–Crippen LogP) is 4.46. The molecule has 0 aliphatic carbocycles. The molecule has 1 N–H and O–H groups in total. The van der Waals surface area contributed by atoms with Crippen molar-refractivity contribution in [1.82, 2.24) is 9.97 Å². The smallest absolute Gasteiger partial charge is 0.224 e. The number of anilines is 1. The van der Waals surface area contributed by atoms with Crippen LogP contribution in [0.25, 0.3) is 0 Å². The third kappa shape index (κ3) is 4.78. The van der Waals surface area contributed by atoms with Crippen LogP contribution < -0.4 is 5.32 Å². The second kappa shape index (κ2) is 7.93. The van der Waals surface area contributed by atoms with Gasteiger partial charge in [-0.25, -0.2) is 9.97 Å². The van der Waals surface area contributed by atoms with E-state index in [0.717, 1.165) is 37.8 Å². The van der Waals surface area contributed by atoms with E-state index in [-0.39, 0.29) is 5.91 Å². The Bertz CT molecular complexity index is 711. The summed E-state index contributed by atoms with van der Waals surface area (Å²) >= 11 is 4.95. The quantitative estimate of drug-likeness (QED) is 0.601. The van der Waals surface area contributed by atoms with Gasteiger partial charge in [0.1, 0.15) is 0 Å². The molecule has 0 radical (unpaired) electrons. The number of halogens is 1. The molecular formula is C17H20BrN3OS. The number of rotatable bonds is 5. The molecule has 0 saturated carbocycles. The number of aromatic nitrogens is 2. The topological polar surface area (TPSA) is 54.9 Å². The number of hydrogen-bond donors (Lipinski definition) is 1. The van der Waals surface area contributed by atoms with Crippen molar-refractivity contribution >= 4 is 39.3 Å². The van der Waals surface area contributed by atoms with Gasteiger partial charge in [-0.2, -0.15) is 0 Å². The molecule has 4 nitrogen and oxygen atoms in total. The summed E-state index contributed by atoms with van der Waals surface area (Å²) in [5.41, 5.74) is 4.85. The molecule has 0 fully saturated rings. The fourth-order valence-corrected chi connectivity index (χ4v) is 3.16. The molecule has 2 rings (SSSR count). The first-order valence-electron chi connectivity index (χ1n) is 7.35. The van der Waals surface area contributed by atoms with Crippen LogP contribution in [-0.2, 0) is 11.2 Å². The Morgan fingerprint density at radius 1 is 1.22 bits per heavy atom. The van der Waals surface area contributed by atoms with Crippen LogP contribution in [0, 0.1) is 20.8 Å². The second-order valence-corrected chi connectivity index (χ2v) is 7.06. The van der Waals surface area contributed by atoms with Crippen LogP contribution in [0.1, 0.15) is 28.9 Å². The van der Waals surface area contributed by atoms with Gasteiger partial charge in [0.15, 0.2) is 5.16 Å². The van der Waals surface area contributed by atoms with E-state index >= 15 is 0 Å². The number of hydrogen-bond acceptors (Lipinski definition) is 4. The van der Waals surface area contributed by atoms with Crippen molar-refractivity contribution in [3.05, 3.63) is 45.2 Å². The third-order valence-electron chi connectivity index (χ3n) is 3.66. The summed E-state index contributed by atoms with van der Waals surface area (Å²) in [7, 11) is 0. The van der Waals surface area contributed by atoms with Crippen molar-refractivity contribution in [2.45, 2.75) is 38.8 Å². The van der Waals surface area contributed by atoms with Gasteiger partial charge in [0.25, 0.3) is 0 Å². The van der Waals surface area contributed by atoms with Gasteiger partial charge in [-0.3, -0.25) is 4.79 Å². The number of benzene rings is 1. The van der Waals surface area contributed by atoms with Gasteiger partial charge < -0.3 is 5.32 Å². The summed E-state index contributed by atoms with van der Waals surface area (Å²) in [4.78, 5) is 21.1. The predicted molar refractivity (Wildman–Crippen MR) is 99.1 cm³/mol. The van der Waals surface area contributed by atoms with E-state index in [1.54, 1.807) is 0 Å². The van der Waals surface area contributed by atoms with Crippen molar-refractivity contribution in [3.63, 3.8) is 0 Å². The van der Waals surface area contributed by atoms with Gasteiger partial charge in [-0.1, -0.05) is 33.8 Å². The zero-order valence-corrected chi connectivity index (χ0v) is 16.1. The summed E-state index contributed by atoms with van der Waals surface area (Å²) in [6.07, 6.45) is 3.02. The van der Waals surface area contributed by atoms with Gasteiger partial charge >= 0.3 is 0 Å². The highest BCUT2D eigenvalue weighted by Crippen LogP contribution is 2.21. The summed E-state index contributed by atoms with van der Waals surface area (Å²) in [6, 6.07) is 5.85. The maximum absolute atomic E-state index is 12.2. The van der Waals surface area contributed by atoms with E-state index < -0.39 is 0 Å². The van der Waals surface area contributed by atoms with E-state index in [9.17, 15) is 4.79 Å². The molecule has 0 aliphatic heterocycles. The average Bonchev–Trinajstić information content (AvgIpc) is 2.49. The lowest BCUT2D eigenvalue weighted by Crippen LogP contribution is -2.14. The molecule has 0 bridgehead atoms. The Balaban J connectivity index is 2.03. The first-order chi connectivity index (χ1) is 10.9. The second-order valence-electron chi connectivity index (χ2n) is 5.37. The van der Waals surface area contributed by atoms with Gasteiger partial charge in [0, 0.05) is 28.0 Å². The molecule has 23 heavy (non-hydrogen) atoms. The third-order valence-corrected chi connectivity index (χ3v) is 4.70. The van der Waals surface area contributed by atoms with Crippen molar-refractivity contribution in [1.29, 1.82) is 0 Å². The monoisotopic (exact) mass is 393 g/mol. The van der Waals surface area contributed by atoms with Crippen LogP contribution in [0.15, 0.2) is 27.8 Å². The first kappa shape index (κ1) is 17.9. The molecule has 0 spiro atoms. The van der Waals surface area contributed by atoms with Gasteiger partial charge in [0.2, 0.25) is 5.91 Å². The van der Waals surface area contributed by atoms with Crippen LogP contribution in [0.3, 0.4) is 0 Å². The number of carbonyl (C=O) groups excluding carboxylic acids is 1. The van der Waals surface area contributed by atoms with E-state index in [1.807, 2.05) is 45.2 Å². The Labute approximate surface area is 149 Å². The molecule has 1 aromatic carbocycles. The lowest BCUT2D eigenvalue weighted by molar-refractivity contribution is -0.116. The molecule has 1 amide bonds. The zero-order chi connectivity index (χ0) is 17.0. The maximum atomic E-state index is 12.2. The minimum absolute atomic E-state index is 0.000979. The van der Waals surface area contributed by atoms with Crippen LogP contribution >= 0.6 is 27.7 Å². The van der Waals surface area contributed by atoms with Crippen molar-refractivity contribution in [3.8, 4) is 0 Å². The van der Waals surface area contributed by atoms with Gasteiger partial charge in [0.05, 0.1) is 0 Å². The summed E-state index contributed by atoms with van der Waals surface area (Å²) in [5, 5.41) is 3.74. The zero-order valence-electron chi connectivity index (χ0n) is 13.7. The van der Waals surface area contributed by atoms with Crippen LogP contribution in [0.4, 0.5) is 5.69 Å². The Morgan fingerprint density at radius 2 is 1.87 bits per heavy atom. The minimum atomic E-state index is -0.000979. The molecule has 0 saturated heterocycles. The standard InChI is InChI=1S/C17H20BrN3OS/c1-10-5-6-13(18)9-15(10)21-16(22)8-7-14-11(2)19-17(23-4)20-12(14)3/h5-6,9H,7-8H2,1-4H3,(H,21,22). The lowest BCUT2D eigenvalue weighted by atomic mass is 10.1. The number of amides is 1. The average molecular weight is 394 g/mol. The molecular weight excluding hydrogens is 374 g/mol. The van der Waals surface area contributed by atoms with Crippen LogP contribution in [0.2, 0.25) is 0 Å². The Morgan fingerprint density at radius 3 is 2.48 bits per heavy atom. The van der Waals surface area contributed by atoms with Crippen molar-refractivity contribution in [2.24, 2.45) is 0 Å². The minimum Gasteiger partial charge on any atom is -0.326 e. The lowest BCUT2D eigenvalue weighted by Gasteiger charge is -2.11. The molecule has 1 heterocycles. The highest BCUT2D eigenvalue weighted by Gasteiger charge is 2.11. The number of nitrogens with zero attached hydrogens (tertiary/aromatic N) is 2. The highest BCUT2D eigenvalue weighted by atomic mass is 79.9. The van der Waals surface area contributed by atoms with Crippen LogP contribution in [-0.4, -0.2) is 22.1 Å². The molecule has 0 aliphatic rings. The molecule has 1 aromatic heterocycles. The summed E-state index contributed by atoms with van der Waals surface area (Å²) in [5.74, 6) is -0.000979. The van der Waals surface area contributed by atoms with E-state index in [0.29, 0.717) is 12.8 Å². The van der Waals surface area contributed by atoms with Crippen molar-refractivity contribution < 1.29 is 4.79 Å². The number of thioether (sulfide) groups is 1. The normalized spacial score (nSPS) is 10.7. The Kier molecular flexibility index (Phi) is 6.18. The highest BCUT2D eigenvalue weighted by molar-refractivity contribution is 9.10. The number of aryl methyl sites for hydroxylation is 3. The largest absolute Gasteiger partial charge is 0.326 e. The molecule has 0 unspecified atom stereocenters. The maximum Gasteiger partial charge on any atom is 0.224 e. The summed E-state index contributed by atoms with van der Waals surface area (Å²) in [6.45, 7) is 5.92. The molecule has 2 aromatic rings. The van der Waals surface area contributed by atoms with E-state index in [2.05, 4.69) is 31.2 Å². The Hall–Kier alpha value is -1.40. The van der Waals surface area contributed by atoms with Crippen molar-refractivity contribution in [2.75, 3.05) is 11.6 Å². The SMILES string of the molecule is CSc1nc(C)c(CCC(=O)Nc2cc(Br)ccc2C)c(C)n1.